The molecule has 1 N–H and O–H groups in total. The van der Waals surface area contributed by atoms with Crippen LogP contribution in [0.3, 0.4) is 0 Å². The lowest BCUT2D eigenvalue weighted by Gasteiger charge is -2.08. The third-order valence-corrected chi connectivity index (χ3v) is 5.75. The molecule has 0 spiro atoms. The predicted octanol–water partition coefficient (Wildman–Crippen LogP) is 6.49. The molecule has 0 fully saturated rings. The van der Waals surface area contributed by atoms with Crippen LogP contribution in [-0.4, -0.2) is 17.4 Å². The second kappa shape index (κ2) is 10.6. The molecule has 0 heterocycles. The molecule has 0 bridgehead atoms. The SMILES string of the molecule is CCCCCC(=O)Nc1ccc(C(=O)CSc2c(Cl)cccc2Cl)cc1. The van der Waals surface area contributed by atoms with Gasteiger partial charge in [-0.1, -0.05) is 49.0 Å². The summed E-state index contributed by atoms with van der Waals surface area (Å²) in [5, 5.41) is 3.93. The Bertz CT molecular complexity index is 743. The number of hydrogen-bond donors (Lipinski definition) is 1. The molecule has 0 aliphatic rings. The van der Waals surface area contributed by atoms with Gasteiger partial charge in [0.15, 0.2) is 5.78 Å². The fourth-order valence-corrected chi connectivity index (χ4v) is 3.92. The first-order valence-corrected chi connectivity index (χ1v) is 10.3. The van der Waals surface area contributed by atoms with Crippen molar-refractivity contribution in [2.75, 3.05) is 11.1 Å². The highest BCUT2D eigenvalue weighted by molar-refractivity contribution is 8.00. The molecule has 0 aliphatic heterocycles. The highest BCUT2D eigenvalue weighted by Gasteiger charge is 2.11. The zero-order valence-corrected chi connectivity index (χ0v) is 16.9. The number of nitrogens with one attached hydrogen (secondary N) is 1. The summed E-state index contributed by atoms with van der Waals surface area (Å²) in [6.45, 7) is 2.10. The summed E-state index contributed by atoms with van der Waals surface area (Å²) < 4.78 is 0. The molecule has 1 amide bonds. The summed E-state index contributed by atoms with van der Waals surface area (Å²) >= 11 is 13.6. The Labute approximate surface area is 168 Å². The lowest BCUT2D eigenvalue weighted by atomic mass is 10.1. The van der Waals surface area contributed by atoms with Crippen LogP contribution >= 0.6 is 35.0 Å². The van der Waals surface area contributed by atoms with Gasteiger partial charge in [-0.15, -0.1) is 11.8 Å². The maximum atomic E-state index is 12.4. The zero-order valence-electron chi connectivity index (χ0n) is 14.6. The number of amides is 1. The van der Waals surface area contributed by atoms with Crippen LogP contribution in [0.25, 0.3) is 0 Å². The number of hydrogen-bond acceptors (Lipinski definition) is 3. The Morgan fingerprint density at radius 1 is 1.00 bits per heavy atom. The molecule has 138 valence electrons. The van der Waals surface area contributed by atoms with E-state index in [4.69, 9.17) is 23.2 Å². The van der Waals surface area contributed by atoms with Crippen LogP contribution in [0.4, 0.5) is 5.69 Å². The zero-order chi connectivity index (χ0) is 18.9. The number of Topliss-reactive ketones (excluding diaryl/α,β-unsaturated/α-hetero) is 1. The van der Waals surface area contributed by atoms with Crippen molar-refractivity contribution in [2.45, 2.75) is 37.5 Å². The second-order valence-corrected chi connectivity index (χ2v) is 7.65. The monoisotopic (exact) mass is 409 g/mol. The largest absolute Gasteiger partial charge is 0.326 e. The van der Waals surface area contributed by atoms with E-state index in [-0.39, 0.29) is 17.4 Å². The standard InChI is InChI=1S/C20H21Cl2NO2S/c1-2-3-4-8-19(25)23-15-11-9-14(10-12-15)18(24)13-26-20-16(21)6-5-7-17(20)22/h5-7,9-12H,2-4,8,13H2,1H3,(H,23,25). The average Bonchev–Trinajstić information content (AvgIpc) is 2.62. The van der Waals surface area contributed by atoms with E-state index in [0.717, 1.165) is 19.3 Å². The molecule has 0 saturated heterocycles. The smallest absolute Gasteiger partial charge is 0.224 e. The number of carbonyl (C=O) groups is 2. The molecule has 2 aromatic rings. The van der Waals surface area contributed by atoms with Gasteiger partial charge in [0, 0.05) is 22.6 Å². The van der Waals surface area contributed by atoms with Crippen LogP contribution in [-0.2, 0) is 4.79 Å². The number of benzene rings is 2. The van der Waals surface area contributed by atoms with Gasteiger partial charge in [0.05, 0.1) is 15.8 Å². The molecule has 2 rings (SSSR count). The topological polar surface area (TPSA) is 46.2 Å². The van der Waals surface area contributed by atoms with Crippen LogP contribution in [0, 0.1) is 0 Å². The summed E-state index contributed by atoms with van der Waals surface area (Å²) in [6.07, 6.45) is 3.54. The molecule has 6 heteroatoms. The lowest BCUT2D eigenvalue weighted by Crippen LogP contribution is -2.11. The highest BCUT2D eigenvalue weighted by atomic mass is 35.5. The van der Waals surface area contributed by atoms with Gasteiger partial charge >= 0.3 is 0 Å². The molecular formula is C20H21Cl2NO2S. The van der Waals surface area contributed by atoms with Gasteiger partial charge in [-0.2, -0.15) is 0 Å². The van der Waals surface area contributed by atoms with Gasteiger partial charge < -0.3 is 5.32 Å². The minimum absolute atomic E-state index is 0.00134. The summed E-state index contributed by atoms with van der Waals surface area (Å²) in [4.78, 5) is 24.9. The predicted molar refractivity (Wildman–Crippen MR) is 111 cm³/mol. The third kappa shape index (κ3) is 6.35. The van der Waals surface area contributed by atoms with Gasteiger partial charge in [0.25, 0.3) is 0 Å². The second-order valence-electron chi connectivity index (χ2n) is 5.85. The molecule has 3 nitrogen and oxygen atoms in total. The maximum absolute atomic E-state index is 12.4. The van der Waals surface area contributed by atoms with Crippen LogP contribution < -0.4 is 5.32 Å². The highest BCUT2D eigenvalue weighted by Crippen LogP contribution is 2.34. The minimum Gasteiger partial charge on any atom is -0.326 e. The molecule has 2 aromatic carbocycles. The first-order valence-electron chi connectivity index (χ1n) is 8.51. The van der Waals surface area contributed by atoms with Crippen molar-refractivity contribution >= 4 is 52.3 Å². The minimum atomic E-state index is -0.0215. The Morgan fingerprint density at radius 3 is 2.27 bits per heavy atom. The van der Waals surface area contributed by atoms with Gasteiger partial charge in [0.2, 0.25) is 5.91 Å². The van der Waals surface area contributed by atoms with Crippen molar-refractivity contribution < 1.29 is 9.59 Å². The Balaban J connectivity index is 1.89. The van der Waals surface area contributed by atoms with Crippen molar-refractivity contribution in [1.29, 1.82) is 0 Å². The van der Waals surface area contributed by atoms with E-state index in [1.165, 1.54) is 11.8 Å². The summed E-state index contributed by atoms with van der Waals surface area (Å²) in [6, 6.07) is 12.2. The Hall–Kier alpha value is -1.49. The van der Waals surface area contributed by atoms with Crippen molar-refractivity contribution in [3.63, 3.8) is 0 Å². The van der Waals surface area contributed by atoms with E-state index in [1.54, 1.807) is 42.5 Å². The van der Waals surface area contributed by atoms with Crippen molar-refractivity contribution in [2.24, 2.45) is 0 Å². The van der Waals surface area contributed by atoms with Gasteiger partial charge in [-0.25, -0.2) is 0 Å². The molecule has 0 unspecified atom stereocenters. The van der Waals surface area contributed by atoms with Crippen LogP contribution in [0.15, 0.2) is 47.4 Å². The van der Waals surface area contributed by atoms with Crippen LogP contribution in [0.5, 0.6) is 0 Å². The molecule has 0 aliphatic carbocycles. The molecule has 0 aromatic heterocycles. The summed E-state index contributed by atoms with van der Waals surface area (Å²) in [7, 11) is 0. The van der Waals surface area contributed by atoms with Crippen molar-refractivity contribution in [1.82, 2.24) is 0 Å². The number of anilines is 1. The summed E-state index contributed by atoms with van der Waals surface area (Å²) in [5.41, 5.74) is 1.29. The maximum Gasteiger partial charge on any atom is 0.224 e. The lowest BCUT2D eigenvalue weighted by molar-refractivity contribution is -0.116. The van der Waals surface area contributed by atoms with Crippen LogP contribution in [0.1, 0.15) is 43.0 Å². The van der Waals surface area contributed by atoms with E-state index in [1.807, 2.05) is 0 Å². The average molecular weight is 410 g/mol. The quantitative estimate of drug-likeness (QED) is 0.292. The van der Waals surface area contributed by atoms with E-state index in [2.05, 4.69) is 12.2 Å². The Morgan fingerprint density at radius 2 is 1.65 bits per heavy atom. The Kier molecular flexibility index (Phi) is 8.49. The van der Waals surface area contributed by atoms with E-state index in [9.17, 15) is 9.59 Å². The molecule has 0 radical (unpaired) electrons. The fraction of sp³-hybridized carbons (Fsp3) is 0.300. The number of thioether (sulfide) groups is 1. The van der Waals surface area contributed by atoms with E-state index in [0.29, 0.717) is 32.6 Å². The normalized spacial score (nSPS) is 10.6. The van der Waals surface area contributed by atoms with E-state index >= 15 is 0 Å². The fourth-order valence-electron chi connectivity index (χ4n) is 2.34. The number of rotatable bonds is 9. The summed E-state index contributed by atoms with van der Waals surface area (Å²) in [5.74, 6) is 0.222. The first-order chi connectivity index (χ1) is 12.5. The van der Waals surface area contributed by atoms with Gasteiger partial charge in [-0.3, -0.25) is 9.59 Å². The number of halogens is 2. The van der Waals surface area contributed by atoms with Crippen molar-refractivity contribution in [3.05, 3.63) is 58.1 Å². The molecule has 0 atom stereocenters. The first kappa shape index (κ1) is 20.8. The van der Waals surface area contributed by atoms with Crippen LogP contribution in [0.2, 0.25) is 10.0 Å². The molecule has 0 saturated carbocycles. The third-order valence-electron chi connectivity index (χ3n) is 3.76. The van der Waals surface area contributed by atoms with Crippen molar-refractivity contribution in [3.8, 4) is 0 Å². The number of ketones is 1. The molecular weight excluding hydrogens is 389 g/mol. The van der Waals surface area contributed by atoms with Gasteiger partial charge in [-0.05, 0) is 42.8 Å². The number of unbranched alkanes of at least 4 members (excludes halogenated alkanes) is 2. The van der Waals surface area contributed by atoms with E-state index < -0.39 is 0 Å². The number of carbonyl (C=O) groups excluding carboxylic acids is 2. The molecule has 26 heavy (non-hydrogen) atoms. The van der Waals surface area contributed by atoms with Gasteiger partial charge in [0.1, 0.15) is 0 Å².